The lowest BCUT2D eigenvalue weighted by Crippen LogP contribution is -2.21. The molecule has 2 aromatic carbocycles. The number of hydrogen-bond acceptors (Lipinski definition) is 5. The van der Waals surface area contributed by atoms with Crippen molar-refractivity contribution in [2.45, 2.75) is 20.3 Å². The van der Waals surface area contributed by atoms with E-state index >= 15 is 0 Å². The van der Waals surface area contributed by atoms with E-state index in [1.54, 1.807) is 36.5 Å². The fourth-order valence-electron chi connectivity index (χ4n) is 3.22. The summed E-state index contributed by atoms with van der Waals surface area (Å²) in [5.41, 5.74) is 4.05. The number of carbonyl (C=O) groups is 2. The number of para-hydroxylation sites is 1. The molecule has 33 heavy (non-hydrogen) atoms. The molecular weight excluding hydrogens is 440 g/mol. The Morgan fingerprint density at radius 1 is 0.909 bits per heavy atom. The van der Waals surface area contributed by atoms with Crippen LogP contribution in [0.2, 0.25) is 5.02 Å². The minimum atomic E-state index is -0.485. The summed E-state index contributed by atoms with van der Waals surface area (Å²) in [6.07, 6.45) is 2.74. The Bertz CT molecular complexity index is 1340. The molecule has 166 valence electrons. The van der Waals surface area contributed by atoms with E-state index in [1.165, 1.54) is 12.3 Å². The number of fused-ring (bicyclic) bond motifs is 1. The molecule has 0 bridgehead atoms. The van der Waals surface area contributed by atoms with Crippen LogP contribution in [0.4, 0.5) is 11.4 Å². The van der Waals surface area contributed by atoms with E-state index in [9.17, 15) is 9.59 Å². The highest BCUT2D eigenvalue weighted by Gasteiger charge is 2.14. The fourth-order valence-corrected chi connectivity index (χ4v) is 3.42. The molecule has 0 spiro atoms. The molecule has 0 aliphatic carbocycles. The lowest BCUT2D eigenvalue weighted by Gasteiger charge is -2.12. The van der Waals surface area contributed by atoms with Gasteiger partial charge in [0, 0.05) is 17.3 Å². The summed E-state index contributed by atoms with van der Waals surface area (Å²) in [6, 6.07) is 16.2. The Morgan fingerprint density at radius 2 is 1.61 bits per heavy atom. The van der Waals surface area contributed by atoms with Gasteiger partial charge in [-0.15, -0.1) is 0 Å². The van der Waals surface area contributed by atoms with Gasteiger partial charge in [0.1, 0.15) is 17.2 Å². The standard InChI is InChI=1S/C25H21ClN4O3/c1-15-10-19-21(11-16(15)2)27-9-8-22(19)33-25-20(26)12-18(14-28-25)30-24(32)13-23(31)29-17-6-4-3-5-7-17/h3-12,14H,13H2,1-2H3,(H,29,31)(H,30,32). The first-order valence-corrected chi connectivity index (χ1v) is 10.6. The van der Waals surface area contributed by atoms with Crippen molar-refractivity contribution in [3.63, 3.8) is 0 Å². The SMILES string of the molecule is Cc1cc2nccc(Oc3ncc(NC(=O)CC(=O)Nc4ccccc4)cc3Cl)c2cc1C. The number of ether oxygens (including phenoxy) is 1. The van der Waals surface area contributed by atoms with E-state index in [4.69, 9.17) is 16.3 Å². The number of aromatic nitrogens is 2. The Balaban J connectivity index is 1.43. The zero-order valence-electron chi connectivity index (χ0n) is 18.1. The van der Waals surface area contributed by atoms with Gasteiger partial charge in [-0.1, -0.05) is 29.8 Å². The molecule has 0 radical (unpaired) electrons. The lowest BCUT2D eigenvalue weighted by atomic mass is 10.1. The molecule has 0 atom stereocenters. The Labute approximate surface area is 195 Å². The van der Waals surface area contributed by atoms with Crippen LogP contribution in [0.25, 0.3) is 10.9 Å². The smallest absolute Gasteiger partial charge is 0.238 e. The third-order valence-electron chi connectivity index (χ3n) is 4.99. The van der Waals surface area contributed by atoms with Gasteiger partial charge in [0.25, 0.3) is 0 Å². The van der Waals surface area contributed by atoms with E-state index in [-0.39, 0.29) is 17.3 Å². The van der Waals surface area contributed by atoms with Crippen LogP contribution >= 0.6 is 11.6 Å². The van der Waals surface area contributed by atoms with E-state index in [1.807, 2.05) is 32.0 Å². The van der Waals surface area contributed by atoms with Crippen molar-refractivity contribution in [3.8, 4) is 11.6 Å². The zero-order valence-corrected chi connectivity index (χ0v) is 18.8. The summed E-state index contributed by atoms with van der Waals surface area (Å²) >= 11 is 6.35. The molecule has 2 amide bonds. The molecular formula is C25H21ClN4O3. The second-order valence-corrected chi connectivity index (χ2v) is 7.92. The first-order valence-electron chi connectivity index (χ1n) is 10.2. The van der Waals surface area contributed by atoms with Gasteiger partial charge in [-0.25, -0.2) is 4.98 Å². The lowest BCUT2D eigenvalue weighted by molar-refractivity contribution is -0.123. The molecule has 0 unspecified atom stereocenters. The van der Waals surface area contributed by atoms with E-state index < -0.39 is 11.8 Å². The quantitative estimate of drug-likeness (QED) is 0.362. The number of amides is 2. The third-order valence-corrected chi connectivity index (χ3v) is 5.26. The molecule has 2 aromatic heterocycles. The van der Waals surface area contributed by atoms with Crippen LogP contribution in [0.3, 0.4) is 0 Å². The van der Waals surface area contributed by atoms with E-state index in [2.05, 4.69) is 20.6 Å². The van der Waals surface area contributed by atoms with Gasteiger partial charge in [0.2, 0.25) is 17.7 Å². The van der Waals surface area contributed by atoms with Crippen LogP contribution in [0.5, 0.6) is 11.6 Å². The first-order chi connectivity index (χ1) is 15.9. The number of carbonyl (C=O) groups excluding carboxylic acids is 2. The second-order valence-electron chi connectivity index (χ2n) is 7.51. The van der Waals surface area contributed by atoms with Crippen molar-refractivity contribution in [2.24, 2.45) is 0 Å². The molecule has 0 saturated heterocycles. The maximum atomic E-state index is 12.2. The molecule has 0 fully saturated rings. The average Bonchev–Trinajstić information content (AvgIpc) is 2.77. The number of hydrogen-bond donors (Lipinski definition) is 2. The predicted molar refractivity (Wildman–Crippen MR) is 129 cm³/mol. The molecule has 2 heterocycles. The summed E-state index contributed by atoms with van der Waals surface area (Å²) in [6.45, 7) is 4.05. The highest BCUT2D eigenvalue weighted by molar-refractivity contribution is 6.32. The van der Waals surface area contributed by atoms with Crippen molar-refractivity contribution in [3.05, 3.63) is 83.1 Å². The van der Waals surface area contributed by atoms with Gasteiger partial charge in [0.15, 0.2) is 0 Å². The first kappa shape index (κ1) is 22.2. The van der Waals surface area contributed by atoms with Crippen LogP contribution in [0.15, 0.2) is 67.0 Å². The van der Waals surface area contributed by atoms with Gasteiger partial charge in [0.05, 0.1) is 17.4 Å². The number of aryl methyl sites for hydroxylation is 2. The maximum Gasteiger partial charge on any atom is 0.238 e. The van der Waals surface area contributed by atoms with Crippen LogP contribution in [-0.4, -0.2) is 21.8 Å². The largest absolute Gasteiger partial charge is 0.437 e. The fraction of sp³-hybridized carbons (Fsp3) is 0.120. The molecule has 0 aliphatic heterocycles. The van der Waals surface area contributed by atoms with Crippen molar-refractivity contribution < 1.29 is 14.3 Å². The Hall–Kier alpha value is -3.97. The predicted octanol–water partition coefficient (Wildman–Crippen LogP) is 5.66. The van der Waals surface area contributed by atoms with E-state index in [0.717, 1.165) is 22.0 Å². The van der Waals surface area contributed by atoms with Crippen LogP contribution in [0.1, 0.15) is 17.5 Å². The van der Waals surface area contributed by atoms with Gasteiger partial charge < -0.3 is 15.4 Å². The monoisotopic (exact) mass is 460 g/mol. The summed E-state index contributed by atoms with van der Waals surface area (Å²) < 4.78 is 5.95. The highest BCUT2D eigenvalue weighted by Crippen LogP contribution is 2.33. The van der Waals surface area contributed by atoms with Crippen LogP contribution < -0.4 is 15.4 Å². The minimum absolute atomic E-state index is 0.196. The van der Waals surface area contributed by atoms with E-state index in [0.29, 0.717) is 17.1 Å². The van der Waals surface area contributed by atoms with Crippen molar-refractivity contribution in [1.82, 2.24) is 9.97 Å². The number of rotatable bonds is 6. The Morgan fingerprint density at radius 3 is 2.33 bits per heavy atom. The maximum absolute atomic E-state index is 12.2. The van der Waals surface area contributed by atoms with Crippen molar-refractivity contribution >= 4 is 45.7 Å². The molecule has 4 rings (SSSR count). The molecule has 7 nitrogen and oxygen atoms in total. The molecule has 8 heteroatoms. The molecule has 0 aliphatic rings. The molecule has 4 aromatic rings. The van der Waals surface area contributed by atoms with Gasteiger partial charge in [-0.2, -0.15) is 0 Å². The molecule has 0 saturated carbocycles. The highest BCUT2D eigenvalue weighted by atomic mass is 35.5. The average molecular weight is 461 g/mol. The summed E-state index contributed by atoms with van der Waals surface area (Å²) in [4.78, 5) is 32.9. The summed E-state index contributed by atoms with van der Waals surface area (Å²) in [7, 11) is 0. The summed E-state index contributed by atoms with van der Waals surface area (Å²) in [5, 5.41) is 6.35. The van der Waals surface area contributed by atoms with Gasteiger partial charge in [-0.3, -0.25) is 14.6 Å². The number of nitrogens with zero attached hydrogens (tertiary/aromatic N) is 2. The van der Waals surface area contributed by atoms with Gasteiger partial charge in [-0.05, 0) is 61.4 Å². The second kappa shape index (κ2) is 9.67. The van der Waals surface area contributed by atoms with Crippen molar-refractivity contribution in [1.29, 1.82) is 0 Å². The zero-order chi connectivity index (χ0) is 23.4. The molecule has 2 N–H and O–H groups in total. The topological polar surface area (TPSA) is 93.2 Å². The normalized spacial score (nSPS) is 10.6. The third kappa shape index (κ3) is 5.45. The number of halogens is 1. The number of nitrogens with one attached hydrogen (secondary N) is 2. The van der Waals surface area contributed by atoms with Crippen molar-refractivity contribution in [2.75, 3.05) is 10.6 Å². The minimum Gasteiger partial charge on any atom is -0.437 e. The number of anilines is 2. The van der Waals surface area contributed by atoms with Crippen LogP contribution in [-0.2, 0) is 9.59 Å². The van der Waals surface area contributed by atoms with Gasteiger partial charge >= 0.3 is 0 Å². The summed E-state index contributed by atoms with van der Waals surface area (Å²) in [5.74, 6) is -0.136. The Kier molecular flexibility index (Phi) is 6.51. The number of pyridine rings is 2. The van der Waals surface area contributed by atoms with Crippen LogP contribution in [0, 0.1) is 13.8 Å². The number of benzene rings is 2.